The summed E-state index contributed by atoms with van der Waals surface area (Å²) in [4.78, 5) is 6.56. The van der Waals surface area contributed by atoms with Crippen molar-refractivity contribution in [2.45, 2.75) is 53.3 Å². The van der Waals surface area contributed by atoms with Gasteiger partial charge in [0.05, 0.1) is 12.0 Å². The third kappa shape index (κ3) is 4.83. The standard InChI is InChI=1S/C20H25FN4OS/c1-12(2)25(7)11-23-16-8-14(4)17(9-13(16)3)26-19-15(10-22)18(24-27-19)20(5,6)21/h8-9,11-12H,1-7H3. The molecule has 0 aliphatic carbocycles. The minimum absolute atomic E-state index is 0.109. The number of nitrogens with zero attached hydrogens (tertiary/aromatic N) is 4. The van der Waals surface area contributed by atoms with Crippen molar-refractivity contribution in [2.75, 3.05) is 7.05 Å². The largest absolute Gasteiger partial charge is 0.443 e. The molecule has 2 rings (SSSR count). The second kappa shape index (κ2) is 8.05. The molecule has 0 fully saturated rings. The molecule has 1 heterocycles. The van der Waals surface area contributed by atoms with Crippen molar-refractivity contribution in [2.24, 2.45) is 4.99 Å². The van der Waals surface area contributed by atoms with E-state index in [4.69, 9.17) is 4.74 Å². The second-order valence-corrected chi connectivity index (χ2v) is 8.02. The average Bonchev–Trinajstić information content (AvgIpc) is 2.99. The average molecular weight is 389 g/mol. The van der Waals surface area contributed by atoms with Crippen molar-refractivity contribution in [3.63, 3.8) is 0 Å². The summed E-state index contributed by atoms with van der Waals surface area (Å²) in [6.07, 6.45) is 1.81. The molecule has 0 saturated heterocycles. The van der Waals surface area contributed by atoms with Gasteiger partial charge in [0.1, 0.15) is 28.7 Å². The van der Waals surface area contributed by atoms with Gasteiger partial charge in [0.2, 0.25) is 5.06 Å². The van der Waals surface area contributed by atoms with Crippen LogP contribution in [0.3, 0.4) is 0 Å². The molecule has 144 valence electrons. The summed E-state index contributed by atoms with van der Waals surface area (Å²) >= 11 is 0.988. The first-order valence-electron chi connectivity index (χ1n) is 8.69. The Morgan fingerprint density at radius 2 is 2.00 bits per heavy atom. The number of aliphatic imine (C=N–C) groups is 1. The lowest BCUT2D eigenvalue weighted by atomic mass is 10.0. The number of hydrogen-bond donors (Lipinski definition) is 0. The van der Waals surface area contributed by atoms with E-state index in [1.165, 1.54) is 13.8 Å². The van der Waals surface area contributed by atoms with Crippen LogP contribution in [0.2, 0.25) is 0 Å². The molecule has 0 bridgehead atoms. The van der Waals surface area contributed by atoms with Gasteiger partial charge in [-0.3, -0.25) is 0 Å². The topological polar surface area (TPSA) is 61.5 Å². The van der Waals surface area contributed by atoms with Crippen LogP contribution in [-0.2, 0) is 5.67 Å². The van der Waals surface area contributed by atoms with E-state index in [-0.39, 0.29) is 11.3 Å². The van der Waals surface area contributed by atoms with Gasteiger partial charge < -0.3 is 9.64 Å². The summed E-state index contributed by atoms with van der Waals surface area (Å²) in [5.41, 5.74) is 1.22. The van der Waals surface area contributed by atoms with Crippen molar-refractivity contribution >= 4 is 23.6 Å². The van der Waals surface area contributed by atoms with Crippen LogP contribution in [0.4, 0.5) is 10.1 Å². The van der Waals surface area contributed by atoms with Crippen LogP contribution < -0.4 is 4.74 Å². The first-order valence-corrected chi connectivity index (χ1v) is 9.46. The molecule has 1 aromatic carbocycles. The Morgan fingerprint density at radius 3 is 2.56 bits per heavy atom. The zero-order chi connectivity index (χ0) is 20.4. The maximum absolute atomic E-state index is 14.2. The molecule has 0 amide bonds. The van der Waals surface area contributed by atoms with Crippen LogP contribution in [0.25, 0.3) is 0 Å². The molecular weight excluding hydrogens is 363 g/mol. The fourth-order valence-corrected chi connectivity index (χ4v) is 3.10. The highest BCUT2D eigenvalue weighted by Gasteiger charge is 2.29. The van der Waals surface area contributed by atoms with Crippen LogP contribution in [0.5, 0.6) is 10.8 Å². The highest BCUT2D eigenvalue weighted by atomic mass is 32.1. The fourth-order valence-electron chi connectivity index (χ4n) is 2.26. The molecule has 5 nitrogen and oxygen atoms in total. The number of nitriles is 1. The van der Waals surface area contributed by atoms with Gasteiger partial charge in [-0.2, -0.15) is 9.64 Å². The molecule has 2 aromatic rings. The van der Waals surface area contributed by atoms with Crippen molar-refractivity contribution in [1.29, 1.82) is 5.26 Å². The van der Waals surface area contributed by atoms with Crippen LogP contribution in [-0.4, -0.2) is 28.7 Å². The molecule has 1 aromatic heterocycles. The van der Waals surface area contributed by atoms with Gasteiger partial charge >= 0.3 is 0 Å². The summed E-state index contributed by atoms with van der Waals surface area (Å²) in [6, 6.07) is 6.18. The molecule has 0 aliphatic rings. The zero-order valence-corrected chi connectivity index (χ0v) is 17.6. The molecule has 0 spiro atoms. The molecule has 0 radical (unpaired) electrons. The van der Waals surface area contributed by atoms with Crippen molar-refractivity contribution in [3.05, 3.63) is 34.5 Å². The van der Waals surface area contributed by atoms with Crippen LogP contribution in [0.15, 0.2) is 17.1 Å². The predicted octanol–water partition coefficient (Wildman–Crippen LogP) is 5.63. The van der Waals surface area contributed by atoms with E-state index < -0.39 is 5.67 Å². The molecule has 0 atom stereocenters. The molecule has 27 heavy (non-hydrogen) atoms. The maximum Gasteiger partial charge on any atom is 0.218 e. The van der Waals surface area contributed by atoms with Gasteiger partial charge in [0.25, 0.3) is 0 Å². The van der Waals surface area contributed by atoms with E-state index in [1.54, 1.807) is 6.34 Å². The lowest BCUT2D eigenvalue weighted by Crippen LogP contribution is -2.24. The Kier molecular flexibility index (Phi) is 6.22. The number of aromatic nitrogens is 1. The Labute approximate surface area is 164 Å². The summed E-state index contributed by atoms with van der Waals surface area (Å²) in [5, 5.41) is 9.71. The predicted molar refractivity (Wildman–Crippen MR) is 108 cm³/mol. The monoisotopic (exact) mass is 388 g/mol. The highest BCUT2D eigenvalue weighted by molar-refractivity contribution is 7.08. The Balaban J connectivity index is 2.33. The van der Waals surface area contributed by atoms with E-state index in [2.05, 4.69) is 23.2 Å². The molecule has 0 unspecified atom stereocenters. The smallest absolute Gasteiger partial charge is 0.218 e. The maximum atomic E-state index is 14.2. The van der Waals surface area contributed by atoms with Crippen LogP contribution in [0, 0.1) is 25.2 Å². The lowest BCUT2D eigenvalue weighted by molar-refractivity contribution is 0.215. The van der Waals surface area contributed by atoms with Crippen molar-refractivity contribution in [1.82, 2.24) is 9.27 Å². The van der Waals surface area contributed by atoms with Gasteiger partial charge in [0.15, 0.2) is 0 Å². The van der Waals surface area contributed by atoms with E-state index in [0.29, 0.717) is 16.9 Å². The number of hydrogen-bond acceptors (Lipinski definition) is 5. The number of rotatable bonds is 6. The lowest BCUT2D eigenvalue weighted by Gasteiger charge is -2.17. The van der Waals surface area contributed by atoms with E-state index >= 15 is 0 Å². The first-order chi connectivity index (χ1) is 12.5. The van der Waals surface area contributed by atoms with E-state index in [0.717, 1.165) is 28.3 Å². The molecule has 7 heteroatoms. The summed E-state index contributed by atoms with van der Waals surface area (Å²) < 4.78 is 24.2. The summed E-state index contributed by atoms with van der Waals surface area (Å²) in [6.45, 7) is 10.8. The van der Waals surface area contributed by atoms with E-state index in [9.17, 15) is 9.65 Å². The summed E-state index contributed by atoms with van der Waals surface area (Å²) in [7, 11) is 1.98. The number of alkyl halides is 1. The second-order valence-electron chi connectivity index (χ2n) is 7.29. The molecule has 0 N–H and O–H groups in total. The van der Waals surface area contributed by atoms with Crippen LogP contribution >= 0.6 is 11.5 Å². The minimum Gasteiger partial charge on any atom is -0.443 e. The van der Waals surface area contributed by atoms with Crippen molar-refractivity contribution in [3.8, 4) is 16.9 Å². The molecular formula is C20H25FN4OS. The number of halogens is 1. The van der Waals surface area contributed by atoms with Crippen molar-refractivity contribution < 1.29 is 9.13 Å². The van der Waals surface area contributed by atoms with Gasteiger partial charge in [-0.25, -0.2) is 9.38 Å². The fraction of sp³-hybridized carbons (Fsp3) is 0.450. The zero-order valence-electron chi connectivity index (χ0n) is 16.8. The van der Waals surface area contributed by atoms with Gasteiger partial charge in [-0.1, -0.05) is 0 Å². The number of ether oxygens (including phenoxy) is 1. The quantitative estimate of drug-likeness (QED) is 0.475. The molecule has 0 aliphatic heterocycles. The normalized spacial score (nSPS) is 11.9. The van der Waals surface area contributed by atoms with Crippen LogP contribution in [0.1, 0.15) is 50.1 Å². The Morgan fingerprint density at radius 1 is 1.33 bits per heavy atom. The number of aryl methyl sites for hydroxylation is 2. The highest BCUT2D eigenvalue weighted by Crippen LogP contribution is 2.39. The van der Waals surface area contributed by atoms with Gasteiger partial charge in [-0.15, -0.1) is 0 Å². The SMILES string of the molecule is Cc1cc(Oc2snc(C(C)(C)F)c2C#N)c(C)cc1N=CN(C)C(C)C. The first kappa shape index (κ1) is 20.8. The third-order valence-electron chi connectivity index (χ3n) is 4.23. The van der Waals surface area contributed by atoms with E-state index in [1.807, 2.05) is 44.0 Å². The third-order valence-corrected chi connectivity index (χ3v) is 4.95. The van der Waals surface area contributed by atoms with Gasteiger partial charge in [-0.05, 0) is 64.8 Å². The summed E-state index contributed by atoms with van der Waals surface area (Å²) in [5.74, 6) is 0.604. The molecule has 0 saturated carbocycles. The minimum atomic E-state index is -1.70. The Hall–Kier alpha value is -2.46. The van der Waals surface area contributed by atoms with Gasteiger partial charge in [0, 0.05) is 24.6 Å². The number of benzene rings is 1. The Bertz CT molecular complexity index is 891.